The van der Waals surface area contributed by atoms with Crippen LogP contribution < -0.4 is 10.2 Å². The molecule has 156 valence electrons. The molecule has 1 aliphatic rings. The van der Waals surface area contributed by atoms with Crippen LogP contribution in [0.3, 0.4) is 0 Å². The van der Waals surface area contributed by atoms with Crippen molar-refractivity contribution in [1.82, 2.24) is 9.88 Å². The molecule has 0 unspecified atom stereocenters. The van der Waals surface area contributed by atoms with E-state index in [9.17, 15) is 4.79 Å². The highest BCUT2D eigenvalue weighted by Gasteiger charge is 2.18. The predicted molar refractivity (Wildman–Crippen MR) is 125 cm³/mol. The van der Waals surface area contributed by atoms with Crippen molar-refractivity contribution in [3.8, 4) is 0 Å². The summed E-state index contributed by atoms with van der Waals surface area (Å²) in [4.78, 5) is 22.2. The Morgan fingerprint density at radius 3 is 2.50 bits per heavy atom. The molecule has 3 aromatic rings. The van der Waals surface area contributed by atoms with Crippen molar-refractivity contribution in [2.45, 2.75) is 13.8 Å². The van der Waals surface area contributed by atoms with Gasteiger partial charge in [0.25, 0.3) is 5.91 Å². The normalized spacial score (nSPS) is 14.9. The van der Waals surface area contributed by atoms with E-state index in [4.69, 9.17) is 28.2 Å². The second kappa shape index (κ2) is 8.80. The van der Waals surface area contributed by atoms with Gasteiger partial charge in [-0.3, -0.25) is 4.79 Å². The third-order valence-electron chi connectivity index (χ3n) is 5.59. The lowest BCUT2D eigenvalue weighted by Gasteiger charge is -2.35. The maximum absolute atomic E-state index is 12.6. The highest BCUT2D eigenvalue weighted by molar-refractivity contribution is 6.42. The van der Waals surface area contributed by atoms with Gasteiger partial charge in [0, 0.05) is 42.8 Å². The van der Waals surface area contributed by atoms with Gasteiger partial charge in [0.1, 0.15) is 5.82 Å². The Kier molecular flexibility index (Phi) is 6.14. The van der Waals surface area contributed by atoms with Crippen LogP contribution in [0.1, 0.15) is 22.8 Å². The molecule has 1 fully saturated rings. The lowest BCUT2D eigenvalue weighted by Crippen LogP contribution is -2.46. The number of anilines is 2. The van der Waals surface area contributed by atoms with Gasteiger partial charge >= 0.3 is 0 Å². The standard InChI is InChI=1S/C23H24Cl2N4O/c1-3-28-8-10-29(11-9-28)22-12-15(2)18-14-17(5-7-21(18)27-22)26-23(30)16-4-6-19(24)20(25)13-16/h4-7,12-14H,3,8-11H2,1-2H3,(H,26,30). The van der Waals surface area contributed by atoms with Crippen LogP contribution in [0.4, 0.5) is 11.5 Å². The molecule has 2 heterocycles. The highest BCUT2D eigenvalue weighted by atomic mass is 35.5. The molecule has 0 atom stereocenters. The van der Waals surface area contributed by atoms with Crippen LogP contribution in [0.25, 0.3) is 10.9 Å². The number of amides is 1. The van der Waals surface area contributed by atoms with Crippen molar-refractivity contribution >= 4 is 51.5 Å². The number of nitrogens with one attached hydrogen (secondary N) is 1. The molecule has 4 rings (SSSR count). The molecule has 0 spiro atoms. The van der Waals surface area contributed by atoms with Crippen LogP contribution in [0, 0.1) is 6.92 Å². The maximum atomic E-state index is 12.6. The monoisotopic (exact) mass is 442 g/mol. The Morgan fingerprint density at radius 1 is 1.03 bits per heavy atom. The average Bonchev–Trinajstić information content (AvgIpc) is 2.76. The molecule has 2 aromatic carbocycles. The topological polar surface area (TPSA) is 48.5 Å². The summed E-state index contributed by atoms with van der Waals surface area (Å²) >= 11 is 12.0. The summed E-state index contributed by atoms with van der Waals surface area (Å²) in [5.74, 6) is 0.785. The molecular formula is C23H24Cl2N4O. The molecule has 7 heteroatoms. The summed E-state index contributed by atoms with van der Waals surface area (Å²) in [6, 6.07) is 12.8. The highest BCUT2D eigenvalue weighted by Crippen LogP contribution is 2.27. The minimum Gasteiger partial charge on any atom is -0.354 e. The molecule has 1 aliphatic heterocycles. The molecule has 5 nitrogen and oxygen atoms in total. The summed E-state index contributed by atoms with van der Waals surface area (Å²) in [6.07, 6.45) is 0. The first kappa shape index (κ1) is 20.9. The maximum Gasteiger partial charge on any atom is 0.255 e. The van der Waals surface area contributed by atoms with Crippen LogP contribution in [0.15, 0.2) is 42.5 Å². The number of piperazine rings is 1. The lowest BCUT2D eigenvalue weighted by molar-refractivity contribution is 0.102. The minimum atomic E-state index is -0.232. The van der Waals surface area contributed by atoms with Gasteiger partial charge in [-0.25, -0.2) is 4.98 Å². The molecule has 1 N–H and O–H groups in total. The van der Waals surface area contributed by atoms with Crippen molar-refractivity contribution in [2.75, 3.05) is 42.9 Å². The minimum absolute atomic E-state index is 0.232. The SMILES string of the molecule is CCN1CCN(c2cc(C)c3cc(NC(=O)c4ccc(Cl)c(Cl)c4)ccc3n2)CC1. The second-order valence-electron chi connectivity index (χ2n) is 7.53. The summed E-state index contributed by atoms with van der Waals surface area (Å²) in [7, 11) is 0. The lowest BCUT2D eigenvalue weighted by atomic mass is 10.1. The van der Waals surface area contributed by atoms with Gasteiger partial charge in [-0.2, -0.15) is 0 Å². The second-order valence-corrected chi connectivity index (χ2v) is 8.35. The van der Waals surface area contributed by atoms with Crippen LogP contribution >= 0.6 is 23.2 Å². The molecule has 1 aromatic heterocycles. The van der Waals surface area contributed by atoms with Crippen LogP contribution in [0.2, 0.25) is 10.0 Å². The van der Waals surface area contributed by atoms with E-state index in [-0.39, 0.29) is 5.91 Å². The number of likely N-dealkylation sites (N-methyl/N-ethyl adjacent to an activating group) is 1. The number of carbonyl (C=O) groups excluding carboxylic acids is 1. The van der Waals surface area contributed by atoms with Gasteiger partial charge in [-0.15, -0.1) is 0 Å². The van der Waals surface area contributed by atoms with Gasteiger partial charge < -0.3 is 15.1 Å². The smallest absolute Gasteiger partial charge is 0.255 e. The number of nitrogens with zero attached hydrogens (tertiary/aromatic N) is 3. The summed E-state index contributed by atoms with van der Waals surface area (Å²) in [6.45, 7) is 9.48. The van der Waals surface area contributed by atoms with E-state index in [1.165, 1.54) is 0 Å². The van der Waals surface area contributed by atoms with E-state index in [2.05, 4.69) is 35.0 Å². The zero-order chi connectivity index (χ0) is 21.3. The first-order valence-electron chi connectivity index (χ1n) is 10.1. The Balaban J connectivity index is 1.55. The Labute approximate surface area is 186 Å². The van der Waals surface area contributed by atoms with Crippen molar-refractivity contribution < 1.29 is 4.79 Å². The van der Waals surface area contributed by atoms with Crippen LogP contribution in [0.5, 0.6) is 0 Å². The largest absolute Gasteiger partial charge is 0.354 e. The first-order valence-corrected chi connectivity index (χ1v) is 10.9. The number of fused-ring (bicyclic) bond motifs is 1. The number of halogens is 2. The fourth-order valence-corrected chi connectivity index (χ4v) is 4.05. The Hall–Kier alpha value is -2.34. The third-order valence-corrected chi connectivity index (χ3v) is 6.32. The molecule has 1 saturated heterocycles. The van der Waals surface area contributed by atoms with E-state index in [1.54, 1.807) is 18.2 Å². The predicted octanol–water partition coefficient (Wildman–Crippen LogP) is 5.24. The number of pyridine rings is 1. The average molecular weight is 443 g/mol. The molecule has 0 aliphatic carbocycles. The number of aromatic nitrogens is 1. The summed E-state index contributed by atoms with van der Waals surface area (Å²) in [5.41, 5.74) is 3.24. The molecule has 30 heavy (non-hydrogen) atoms. The Bertz CT molecular complexity index is 1090. The number of carbonyl (C=O) groups is 1. The van der Waals surface area contributed by atoms with Gasteiger partial charge in [0.2, 0.25) is 0 Å². The van der Waals surface area contributed by atoms with E-state index < -0.39 is 0 Å². The first-order chi connectivity index (χ1) is 14.4. The molecular weight excluding hydrogens is 419 g/mol. The van der Waals surface area contributed by atoms with Crippen LogP contribution in [-0.4, -0.2) is 48.5 Å². The van der Waals surface area contributed by atoms with Crippen LogP contribution in [-0.2, 0) is 0 Å². The quantitative estimate of drug-likeness (QED) is 0.599. The van der Waals surface area contributed by atoms with Gasteiger partial charge in [-0.1, -0.05) is 30.1 Å². The number of aryl methyl sites for hydroxylation is 1. The zero-order valence-electron chi connectivity index (χ0n) is 17.1. The van der Waals surface area contributed by atoms with E-state index >= 15 is 0 Å². The van der Waals surface area contributed by atoms with E-state index in [0.29, 0.717) is 21.3 Å². The van der Waals surface area contributed by atoms with Crippen molar-refractivity contribution in [3.63, 3.8) is 0 Å². The zero-order valence-corrected chi connectivity index (χ0v) is 18.6. The van der Waals surface area contributed by atoms with Gasteiger partial charge in [0.05, 0.1) is 15.6 Å². The van der Waals surface area contributed by atoms with E-state index in [0.717, 1.165) is 55.0 Å². The fourth-order valence-electron chi connectivity index (χ4n) is 3.75. The summed E-state index contributed by atoms with van der Waals surface area (Å²) < 4.78 is 0. The number of rotatable bonds is 4. The number of hydrogen-bond donors (Lipinski definition) is 1. The number of benzene rings is 2. The molecule has 1 amide bonds. The third kappa shape index (κ3) is 4.38. The van der Waals surface area contributed by atoms with Crippen molar-refractivity contribution in [2.24, 2.45) is 0 Å². The molecule has 0 radical (unpaired) electrons. The van der Waals surface area contributed by atoms with Gasteiger partial charge in [0.15, 0.2) is 0 Å². The van der Waals surface area contributed by atoms with E-state index in [1.807, 2.05) is 18.2 Å². The molecule has 0 bridgehead atoms. The van der Waals surface area contributed by atoms with Crippen molar-refractivity contribution in [3.05, 3.63) is 63.6 Å². The summed E-state index contributed by atoms with van der Waals surface area (Å²) in [5, 5.41) is 4.74. The fraction of sp³-hybridized carbons (Fsp3) is 0.304. The number of hydrogen-bond acceptors (Lipinski definition) is 4. The van der Waals surface area contributed by atoms with Crippen molar-refractivity contribution in [1.29, 1.82) is 0 Å². The van der Waals surface area contributed by atoms with Gasteiger partial charge in [-0.05, 0) is 61.5 Å². The molecule has 0 saturated carbocycles. The Morgan fingerprint density at radius 2 is 1.80 bits per heavy atom.